The highest BCUT2D eigenvalue weighted by Crippen LogP contribution is 2.21. The molecule has 0 radical (unpaired) electrons. The summed E-state index contributed by atoms with van der Waals surface area (Å²) in [5.74, 6) is -0.891. The molecule has 1 aromatic carbocycles. The van der Waals surface area contributed by atoms with Crippen molar-refractivity contribution < 1.29 is 28.3 Å². The molecule has 0 fully saturated rings. The maximum absolute atomic E-state index is 12.4. The molecule has 0 aromatic heterocycles. The number of esters is 2. The summed E-state index contributed by atoms with van der Waals surface area (Å²) in [6.45, 7) is 7.35. The van der Waals surface area contributed by atoms with Crippen molar-refractivity contribution in [2.24, 2.45) is 5.41 Å². The fraction of sp³-hybridized carbons (Fsp3) is 0.600. The fourth-order valence-electron chi connectivity index (χ4n) is 2.41. The van der Waals surface area contributed by atoms with E-state index in [1.807, 2.05) is 12.1 Å². The molecule has 0 N–H and O–H groups in total. The van der Waals surface area contributed by atoms with Gasteiger partial charge in [0.25, 0.3) is 0 Å². The zero-order chi connectivity index (χ0) is 19.8. The van der Waals surface area contributed by atoms with Gasteiger partial charge in [0.2, 0.25) is 0 Å². The molecule has 1 atom stereocenters. The van der Waals surface area contributed by atoms with E-state index in [1.54, 1.807) is 6.92 Å². The standard InChI is InChI=1S/C20H32NO5/c1-7-21(4,5)12-17-8-10-18(11-9-17)13-25-19(23)20(3,14-24-6)15-26-16(2)22/h8-11H,7,12-15H2,1-6H3/q+1. The van der Waals surface area contributed by atoms with E-state index < -0.39 is 17.4 Å². The van der Waals surface area contributed by atoms with Crippen LogP contribution < -0.4 is 0 Å². The Balaban J connectivity index is 2.65. The van der Waals surface area contributed by atoms with Gasteiger partial charge in [-0.25, -0.2) is 0 Å². The maximum atomic E-state index is 12.4. The number of benzene rings is 1. The highest BCUT2D eigenvalue weighted by atomic mass is 16.6. The molecule has 6 nitrogen and oxygen atoms in total. The van der Waals surface area contributed by atoms with Gasteiger partial charge in [0.05, 0.1) is 27.2 Å². The molecule has 0 heterocycles. The number of rotatable bonds is 10. The van der Waals surface area contributed by atoms with Gasteiger partial charge in [-0.05, 0) is 19.4 Å². The molecule has 0 bridgehead atoms. The van der Waals surface area contributed by atoms with Gasteiger partial charge in [-0.3, -0.25) is 9.59 Å². The SMILES string of the molecule is CC[N+](C)(C)Cc1ccc(COC(=O)C(C)(COC)COC(C)=O)cc1. The summed E-state index contributed by atoms with van der Waals surface area (Å²) < 4.78 is 16.4. The van der Waals surface area contributed by atoms with Crippen molar-refractivity contribution in [2.75, 3.05) is 41.0 Å². The topological polar surface area (TPSA) is 61.8 Å². The van der Waals surface area contributed by atoms with Crippen LogP contribution in [0, 0.1) is 5.41 Å². The maximum Gasteiger partial charge on any atom is 0.317 e. The summed E-state index contributed by atoms with van der Waals surface area (Å²) in [6.07, 6.45) is 0. The number of hydrogen-bond donors (Lipinski definition) is 0. The number of carbonyl (C=O) groups is 2. The zero-order valence-electron chi connectivity index (χ0n) is 16.8. The summed E-state index contributed by atoms with van der Waals surface area (Å²) in [5.41, 5.74) is 1.13. The Morgan fingerprint density at radius 2 is 1.62 bits per heavy atom. The molecule has 0 amide bonds. The van der Waals surface area contributed by atoms with Crippen molar-refractivity contribution in [3.8, 4) is 0 Å². The third kappa shape index (κ3) is 7.14. The minimum atomic E-state index is -1.02. The molecule has 0 aliphatic carbocycles. The fourth-order valence-corrected chi connectivity index (χ4v) is 2.41. The summed E-state index contributed by atoms with van der Waals surface area (Å²) >= 11 is 0. The lowest BCUT2D eigenvalue weighted by Gasteiger charge is -2.28. The third-order valence-corrected chi connectivity index (χ3v) is 4.41. The predicted molar refractivity (Wildman–Crippen MR) is 99.2 cm³/mol. The summed E-state index contributed by atoms with van der Waals surface area (Å²) in [6, 6.07) is 8.06. The van der Waals surface area contributed by atoms with Crippen molar-refractivity contribution in [1.82, 2.24) is 0 Å². The molecular weight excluding hydrogens is 334 g/mol. The highest BCUT2D eigenvalue weighted by Gasteiger charge is 2.36. The number of quaternary nitrogens is 1. The second-order valence-corrected chi connectivity index (χ2v) is 7.58. The van der Waals surface area contributed by atoms with Crippen LogP contribution in [0.4, 0.5) is 0 Å². The molecule has 26 heavy (non-hydrogen) atoms. The van der Waals surface area contributed by atoms with Crippen LogP contribution in [-0.4, -0.2) is 57.4 Å². The third-order valence-electron chi connectivity index (χ3n) is 4.41. The molecule has 1 unspecified atom stereocenters. The van der Waals surface area contributed by atoms with Gasteiger partial charge in [-0.15, -0.1) is 0 Å². The van der Waals surface area contributed by atoms with Crippen LogP contribution in [0.15, 0.2) is 24.3 Å². The van der Waals surface area contributed by atoms with Gasteiger partial charge in [0.1, 0.15) is 25.2 Å². The van der Waals surface area contributed by atoms with Crippen molar-refractivity contribution in [3.63, 3.8) is 0 Å². The van der Waals surface area contributed by atoms with E-state index in [2.05, 4.69) is 33.2 Å². The average molecular weight is 366 g/mol. The minimum Gasteiger partial charge on any atom is -0.465 e. The molecule has 0 spiro atoms. The van der Waals surface area contributed by atoms with Gasteiger partial charge in [-0.1, -0.05) is 24.3 Å². The van der Waals surface area contributed by atoms with Crippen LogP contribution in [0.2, 0.25) is 0 Å². The molecular formula is C20H32NO5+. The molecule has 0 saturated carbocycles. The normalized spacial score (nSPS) is 13.8. The zero-order valence-corrected chi connectivity index (χ0v) is 16.8. The average Bonchev–Trinajstić information content (AvgIpc) is 2.59. The second-order valence-electron chi connectivity index (χ2n) is 7.58. The Labute approximate surface area is 156 Å². The van der Waals surface area contributed by atoms with Gasteiger partial charge >= 0.3 is 11.9 Å². The Kier molecular flexibility index (Phi) is 8.24. The summed E-state index contributed by atoms with van der Waals surface area (Å²) in [5, 5.41) is 0. The number of methoxy groups -OCH3 is 1. The number of nitrogens with zero attached hydrogens (tertiary/aromatic N) is 1. The lowest BCUT2D eigenvalue weighted by Crippen LogP contribution is -2.39. The molecule has 1 rings (SSSR count). The van der Waals surface area contributed by atoms with Crippen LogP contribution in [0.1, 0.15) is 31.9 Å². The predicted octanol–water partition coefficient (Wildman–Crippen LogP) is 2.54. The Hall–Kier alpha value is -1.92. The highest BCUT2D eigenvalue weighted by molar-refractivity contribution is 5.77. The number of hydrogen-bond acceptors (Lipinski definition) is 5. The first-order valence-corrected chi connectivity index (χ1v) is 8.81. The van der Waals surface area contributed by atoms with E-state index in [1.165, 1.54) is 19.6 Å². The van der Waals surface area contributed by atoms with Crippen molar-refractivity contribution >= 4 is 11.9 Å². The van der Waals surface area contributed by atoms with E-state index in [9.17, 15) is 9.59 Å². The van der Waals surface area contributed by atoms with Gasteiger partial charge < -0.3 is 18.7 Å². The molecule has 0 aliphatic rings. The van der Waals surface area contributed by atoms with Crippen LogP contribution in [0.25, 0.3) is 0 Å². The number of carbonyl (C=O) groups excluding carboxylic acids is 2. The first kappa shape index (κ1) is 22.1. The Morgan fingerprint density at radius 3 is 2.12 bits per heavy atom. The van der Waals surface area contributed by atoms with Crippen LogP contribution in [0.5, 0.6) is 0 Å². The van der Waals surface area contributed by atoms with Gasteiger partial charge in [0, 0.05) is 19.6 Å². The Bertz CT molecular complexity index is 597. The molecule has 146 valence electrons. The van der Waals surface area contributed by atoms with Crippen LogP contribution >= 0.6 is 0 Å². The second kappa shape index (κ2) is 9.69. The van der Waals surface area contributed by atoms with Gasteiger partial charge in [0.15, 0.2) is 0 Å². The number of ether oxygens (including phenoxy) is 3. The largest absolute Gasteiger partial charge is 0.465 e. The molecule has 1 aromatic rings. The monoisotopic (exact) mass is 366 g/mol. The van der Waals surface area contributed by atoms with Crippen molar-refractivity contribution in [3.05, 3.63) is 35.4 Å². The molecule has 0 aliphatic heterocycles. The Morgan fingerprint density at radius 1 is 1.04 bits per heavy atom. The lowest BCUT2D eigenvalue weighted by molar-refractivity contribution is -0.901. The van der Waals surface area contributed by atoms with Crippen molar-refractivity contribution in [1.29, 1.82) is 0 Å². The van der Waals surface area contributed by atoms with E-state index in [4.69, 9.17) is 14.2 Å². The van der Waals surface area contributed by atoms with Gasteiger partial charge in [-0.2, -0.15) is 0 Å². The minimum absolute atomic E-state index is 0.0715. The van der Waals surface area contributed by atoms with E-state index in [0.29, 0.717) is 0 Å². The first-order valence-electron chi connectivity index (χ1n) is 8.81. The van der Waals surface area contributed by atoms with E-state index in [0.717, 1.165) is 23.1 Å². The molecule has 6 heteroatoms. The quantitative estimate of drug-likeness (QED) is 0.470. The van der Waals surface area contributed by atoms with Crippen molar-refractivity contribution in [2.45, 2.75) is 33.9 Å². The summed E-state index contributed by atoms with van der Waals surface area (Å²) in [7, 11) is 5.87. The summed E-state index contributed by atoms with van der Waals surface area (Å²) in [4.78, 5) is 23.5. The van der Waals surface area contributed by atoms with Crippen LogP contribution in [-0.2, 0) is 37.0 Å². The lowest BCUT2D eigenvalue weighted by atomic mass is 9.93. The van der Waals surface area contributed by atoms with E-state index >= 15 is 0 Å². The van der Waals surface area contributed by atoms with E-state index in [-0.39, 0.29) is 19.8 Å². The first-order chi connectivity index (χ1) is 12.1. The van der Waals surface area contributed by atoms with Crippen LogP contribution in [0.3, 0.4) is 0 Å². The smallest absolute Gasteiger partial charge is 0.317 e. The molecule has 0 saturated heterocycles.